The van der Waals surface area contributed by atoms with Crippen LogP contribution in [0.2, 0.25) is 0 Å². The van der Waals surface area contributed by atoms with E-state index in [0.29, 0.717) is 24.3 Å². The van der Waals surface area contributed by atoms with Gasteiger partial charge in [-0.25, -0.2) is 0 Å². The first-order valence-corrected chi connectivity index (χ1v) is 5.91. The van der Waals surface area contributed by atoms with Crippen LogP contribution in [0.4, 0.5) is 0 Å². The van der Waals surface area contributed by atoms with Gasteiger partial charge in [-0.2, -0.15) is 0 Å². The smallest absolute Gasteiger partial charge is 0.0733 e. The summed E-state index contributed by atoms with van der Waals surface area (Å²) in [7, 11) is 0. The Hall–Kier alpha value is -0.120. The highest BCUT2D eigenvalue weighted by Gasteiger charge is 2.41. The molecule has 3 fully saturated rings. The van der Waals surface area contributed by atoms with Gasteiger partial charge in [-0.3, -0.25) is 0 Å². The molecule has 0 amide bonds. The summed E-state index contributed by atoms with van der Waals surface area (Å²) in [6.07, 6.45) is 7.30. The molecule has 3 aliphatic rings. The van der Waals surface area contributed by atoms with Gasteiger partial charge in [0.15, 0.2) is 0 Å². The Morgan fingerprint density at radius 1 is 1.14 bits per heavy atom. The molecule has 14 heavy (non-hydrogen) atoms. The van der Waals surface area contributed by atoms with Gasteiger partial charge in [-0.1, -0.05) is 0 Å². The lowest BCUT2D eigenvalue weighted by molar-refractivity contribution is 0.0574. The number of hydrogen-bond acceptors (Lipinski definition) is 3. The fourth-order valence-electron chi connectivity index (χ4n) is 2.99. The number of ether oxygens (including phenoxy) is 2. The molecular formula is C11H19NO2. The van der Waals surface area contributed by atoms with Crippen molar-refractivity contribution < 1.29 is 9.47 Å². The van der Waals surface area contributed by atoms with Gasteiger partial charge in [0.25, 0.3) is 0 Å². The van der Waals surface area contributed by atoms with Crippen molar-refractivity contribution >= 4 is 0 Å². The summed E-state index contributed by atoms with van der Waals surface area (Å²) in [6.45, 7) is 1.85. The zero-order chi connectivity index (χ0) is 9.38. The van der Waals surface area contributed by atoms with Crippen LogP contribution in [0.15, 0.2) is 0 Å². The minimum absolute atomic E-state index is 0.502. The fourth-order valence-corrected chi connectivity index (χ4v) is 2.99. The van der Waals surface area contributed by atoms with Crippen LogP contribution in [0.25, 0.3) is 0 Å². The summed E-state index contributed by atoms with van der Waals surface area (Å²) in [6, 6.07) is 1.19. The third-order valence-electron chi connectivity index (χ3n) is 3.72. The Kier molecular flexibility index (Phi) is 2.48. The number of hydrogen-bond donors (Lipinski definition) is 1. The van der Waals surface area contributed by atoms with E-state index in [2.05, 4.69) is 5.32 Å². The monoisotopic (exact) mass is 197 g/mol. The van der Waals surface area contributed by atoms with E-state index >= 15 is 0 Å². The lowest BCUT2D eigenvalue weighted by Gasteiger charge is -2.29. The SMILES string of the molecule is C1COCC(N[C@@H]2C[C@H]3CC[C@@H]2O3)C1. The average molecular weight is 197 g/mol. The van der Waals surface area contributed by atoms with E-state index in [9.17, 15) is 0 Å². The van der Waals surface area contributed by atoms with Crippen molar-refractivity contribution in [1.29, 1.82) is 0 Å². The molecule has 0 spiro atoms. The van der Waals surface area contributed by atoms with E-state index in [0.717, 1.165) is 13.2 Å². The second kappa shape index (κ2) is 3.80. The highest BCUT2D eigenvalue weighted by molar-refractivity contribution is 4.95. The fraction of sp³-hybridized carbons (Fsp3) is 1.00. The van der Waals surface area contributed by atoms with Crippen LogP contribution in [0.5, 0.6) is 0 Å². The predicted molar refractivity (Wildman–Crippen MR) is 53.3 cm³/mol. The minimum Gasteiger partial charge on any atom is -0.380 e. The lowest BCUT2D eigenvalue weighted by atomic mass is 9.94. The molecule has 2 bridgehead atoms. The zero-order valence-electron chi connectivity index (χ0n) is 8.58. The molecule has 0 saturated carbocycles. The van der Waals surface area contributed by atoms with Gasteiger partial charge in [0.1, 0.15) is 0 Å². The summed E-state index contributed by atoms with van der Waals surface area (Å²) < 4.78 is 11.3. The minimum atomic E-state index is 0.502. The Balaban J connectivity index is 1.52. The van der Waals surface area contributed by atoms with Gasteiger partial charge in [0.05, 0.1) is 18.8 Å². The van der Waals surface area contributed by atoms with Crippen LogP contribution in [-0.2, 0) is 9.47 Å². The van der Waals surface area contributed by atoms with E-state index in [4.69, 9.17) is 9.47 Å². The van der Waals surface area contributed by atoms with Crippen LogP contribution < -0.4 is 5.32 Å². The molecule has 0 aromatic rings. The van der Waals surface area contributed by atoms with E-state index in [-0.39, 0.29) is 0 Å². The molecule has 0 radical (unpaired) electrons. The molecule has 3 heteroatoms. The topological polar surface area (TPSA) is 30.5 Å². The van der Waals surface area contributed by atoms with Crippen molar-refractivity contribution in [1.82, 2.24) is 5.32 Å². The molecule has 3 heterocycles. The first-order chi connectivity index (χ1) is 6.92. The second-order valence-corrected chi connectivity index (χ2v) is 4.80. The third kappa shape index (κ3) is 1.69. The van der Waals surface area contributed by atoms with Crippen LogP contribution in [0, 0.1) is 0 Å². The standard InChI is InChI=1S/C11H19NO2/c1-2-8(7-13-5-1)12-10-6-9-3-4-11(10)14-9/h8-12H,1-7H2/t8?,9-,10-,11+/m1/s1. The molecule has 0 aromatic heterocycles. The summed E-state index contributed by atoms with van der Waals surface area (Å²) in [4.78, 5) is 0. The van der Waals surface area contributed by atoms with E-state index in [1.807, 2.05) is 0 Å². The first kappa shape index (κ1) is 9.13. The van der Waals surface area contributed by atoms with Crippen LogP contribution in [0.1, 0.15) is 32.1 Å². The van der Waals surface area contributed by atoms with Crippen molar-refractivity contribution in [3.63, 3.8) is 0 Å². The van der Waals surface area contributed by atoms with E-state index in [1.54, 1.807) is 0 Å². The van der Waals surface area contributed by atoms with Crippen LogP contribution in [-0.4, -0.2) is 37.5 Å². The van der Waals surface area contributed by atoms with Crippen LogP contribution in [0.3, 0.4) is 0 Å². The number of nitrogens with one attached hydrogen (secondary N) is 1. The van der Waals surface area contributed by atoms with Crippen molar-refractivity contribution in [3.8, 4) is 0 Å². The summed E-state index contributed by atoms with van der Waals surface area (Å²) in [5, 5.41) is 3.70. The molecule has 3 aliphatic heterocycles. The Bertz CT molecular complexity index is 203. The van der Waals surface area contributed by atoms with Gasteiger partial charge in [0, 0.05) is 18.7 Å². The molecule has 0 aromatic carbocycles. The first-order valence-electron chi connectivity index (χ1n) is 5.91. The van der Waals surface area contributed by atoms with Gasteiger partial charge in [0.2, 0.25) is 0 Å². The zero-order valence-corrected chi connectivity index (χ0v) is 8.58. The van der Waals surface area contributed by atoms with E-state index in [1.165, 1.54) is 32.1 Å². The van der Waals surface area contributed by atoms with Crippen molar-refractivity contribution in [2.45, 2.75) is 56.4 Å². The highest BCUT2D eigenvalue weighted by atomic mass is 16.5. The number of fused-ring (bicyclic) bond motifs is 2. The van der Waals surface area contributed by atoms with Crippen molar-refractivity contribution in [2.24, 2.45) is 0 Å². The number of rotatable bonds is 2. The summed E-state index contributed by atoms with van der Waals surface area (Å²) >= 11 is 0. The molecule has 0 aliphatic carbocycles. The largest absolute Gasteiger partial charge is 0.380 e. The summed E-state index contributed by atoms with van der Waals surface area (Å²) in [5.41, 5.74) is 0. The molecule has 4 atom stereocenters. The molecule has 1 N–H and O–H groups in total. The Morgan fingerprint density at radius 3 is 2.79 bits per heavy atom. The van der Waals surface area contributed by atoms with Gasteiger partial charge in [-0.05, 0) is 32.1 Å². The molecule has 80 valence electrons. The summed E-state index contributed by atoms with van der Waals surface area (Å²) in [5.74, 6) is 0. The van der Waals surface area contributed by atoms with Gasteiger partial charge in [-0.15, -0.1) is 0 Å². The predicted octanol–water partition coefficient (Wildman–Crippen LogP) is 1.07. The quantitative estimate of drug-likeness (QED) is 0.718. The average Bonchev–Trinajstić information content (AvgIpc) is 2.81. The van der Waals surface area contributed by atoms with E-state index < -0.39 is 0 Å². The van der Waals surface area contributed by atoms with Crippen LogP contribution >= 0.6 is 0 Å². The molecule has 3 nitrogen and oxygen atoms in total. The maximum Gasteiger partial charge on any atom is 0.0733 e. The third-order valence-corrected chi connectivity index (χ3v) is 3.72. The molecular weight excluding hydrogens is 178 g/mol. The lowest BCUT2D eigenvalue weighted by Crippen LogP contribution is -2.47. The van der Waals surface area contributed by atoms with Crippen molar-refractivity contribution in [3.05, 3.63) is 0 Å². The maximum atomic E-state index is 5.82. The maximum absolute atomic E-state index is 5.82. The van der Waals surface area contributed by atoms with Gasteiger partial charge < -0.3 is 14.8 Å². The Labute approximate surface area is 85.1 Å². The van der Waals surface area contributed by atoms with Gasteiger partial charge >= 0.3 is 0 Å². The highest BCUT2D eigenvalue weighted by Crippen LogP contribution is 2.34. The molecule has 3 saturated heterocycles. The molecule has 1 unspecified atom stereocenters. The Morgan fingerprint density at radius 2 is 2.14 bits per heavy atom. The second-order valence-electron chi connectivity index (χ2n) is 4.80. The normalized spacial score (nSPS) is 47.1. The molecule has 3 rings (SSSR count). The van der Waals surface area contributed by atoms with Crippen molar-refractivity contribution in [2.75, 3.05) is 13.2 Å².